The predicted molar refractivity (Wildman–Crippen MR) is 196 cm³/mol. The summed E-state index contributed by atoms with van der Waals surface area (Å²) >= 11 is 0. The van der Waals surface area contributed by atoms with E-state index >= 15 is 0 Å². The van der Waals surface area contributed by atoms with Crippen LogP contribution in [0.4, 0.5) is 5.69 Å². The van der Waals surface area contributed by atoms with Gasteiger partial charge in [-0.3, -0.25) is 4.57 Å². The molecule has 0 amide bonds. The van der Waals surface area contributed by atoms with Gasteiger partial charge in [-0.1, -0.05) is 112 Å². The number of hydrogen-bond acceptors (Lipinski definition) is 5. The van der Waals surface area contributed by atoms with Crippen molar-refractivity contribution in [3.05, 3.63) is 144 Å². The average Bonchev–Trinajstić information content (AvgIpc) is 3.70. The molecule has 3 heterocycles. The molecule has 3 aromatic heterocycles. The number of benzene rings is 4. The number of rotatable bonds is 6. The first-order valence-electron chi connectivity index (χ1n) is 16.7. The van der Waals surface area contributed by atoms with E-state index < -0.39 is 8.32 Å². The molecule has 0 N–H and O–H groups in total. The molecule has 0 spiro atoms. The lowest BCUT2D eigenvalue weighted by atomic mass is 9.85. The van der Waals surface area contributed by atoms with Crippen molar-refractivity contribution in [2.75, 3.05) is 0 Å². The van der Waals surface area contributed by atoms with Gasteiger partial charge in [0.25, 0.3) is 8.32 Å². The average molecular weight is 660 g/mol. The zero-order valence-electron chi connectivity index (χ0n) is 28.1. The maximum absolute atomic E-state index is 7.71. The third-order valence-corrected chi connectivity index (χ3v) is 15.0. The van der Waals surface area contributed by atoms with Crippen LogP contribution in [0.2, 0.25) is 5.04 Å². The summed E-state index contributed by atoms with van der Waals surface area (Å²) in [4.78, 5) is 22.8. The molecule has 242 valence electrons. The molecule has 4 aromatic carbocycles. The molecule has 0 saturated heterocycles. The molecular weight excluding hydrogens is 623 g/mol. The van der Waals surface area contributed by atoms with E-state index in [1.807, 2.05) is 23.6 Å². The van der Waals surface area contributed by atoms with E-state index in [0.29, 0.717) is 11.6 Å². The van der Waals surface area contributed by atoms with Gasteiger partial charge in [-0.25, -0.2) is 19.8 Å². The van der Waals surface area contributed by atoms with Gasteiger partial charge in [0, 0.05) is 0 Å². The molecule has 2 atom stereocenters. The highest BCUT2D eigenvalue weighted by Gasteiger charge is 2.52. The molecule has 7 aromatic rings. The summed E-state index contributed by atoms with van der Waals surface area (Å²) < 4.78 is 11.8. The van der Waals surface area contributed by atoms with Crippen molar-refractivity contribution >= 4 is 46.6 Å². The molecule has 0 aliphatic heterocycles. The van der Waals surface area contributed by atoms with Crippen LogP contribution in [0, 0.1) is 13.5 Å². The second-order valence-corrected chi connectivity index (χ2v) is 18.1. The molecule has 0 bridgehead atoms. The molecule has 8 rings (SSSR count). The number of imidazole rings is 2. The maximum atomic E-state index is 7.71. The highest BCUT2D eigenvalue weighted by molar-refractivity contribution is 6.99. The van der Waals surface area contributed by atoms with E-state index in [0.717, 1.165) is 40.9 Å². The van der Waals surface area contributed by atoms with Crippen molar-refractivity contribution in [3.8, 4) is 5.95 Å². The summed E-state index contributed by atoms with van der Waals surface area (Å²) in [6.07, 6.45) is 5.15. The second kappa shape index (κ2) is 11.9. The number of nitrogens with zero attached hydrogens (tertiary/aromatic N) is 7. The summed E-state index contributed by atoms with van der Waals surface area (Å²) in [5.41, 5.74) is 6.09. The molecule has 0 saturated carbocycles. The summed E-state index contributed by atoms with van der Waals surface area (Å²) in [6, 6.07) is 36.0. The molecule has 8 nitrogen and oxygen atoms in total. The Bertz CT molecular complexity index is 2310. The number of fused-ring (bicyclic) bond motifs is 3. The van der Waals surface area contributed by atoms with Gasteiger partial charge in [0.05, 0.1) is 35.9 Å². The highest BCUT2D eigenvalue weighted by Crippen LogP contribution is 2.46. The third kappa shape index (κ3) is 5.07. The fourth-order valence-corrected chi connectivity index (χ4v) is 12.4. The molecule has 9 heteroatoms. The van der Waals surface area contributed by atoms with Crippen LogP contribution in [-0.2, 0) is 4.43 Å². The topological polar surface area (TPSA) is 75.0 Å². The van der Waals surface area contributed by atoms with Crippen molar-refractivity contribution in [2.24, 2.45) is 0 Å². The smallest absolute Gasteiger partial charge is 0.261 e. The van der Waals surface area contributed by atoms with Gasteiger partial charge in [-0.15, -0.1) is 0 Å². The largest absolute Gasteiger partial charge is 0.400 e. The molecule has 1 aliphatic carbocycles. The Balaban J connectivity index is 1.23. The lowest BCUT2D eigenvalue weighted by Crippen LogP contribution is -2.67. The van der Waals surface area contributed by atoms with Gasteiger partial charge in [-0.2, -0.15) is 4.98 Å². The Labute approximate surface area is 287 Å². The number of aryl methyl sites for hydroxylation is 1. The van der Waals surface area contributed by atoms with Crippen LogP contribution < -0.4 is 10.4 Å². The zero-order valence-corrected chi connectivity index (χ0v) is 29.1. The fraction of sp³-hybridized carbons (Fsp3) is 0.225. The summed E-state index contributed by atoms with van der Waals surface area (Å²) in [7, 11) is -2.78. The first-order chi connectivity index (χ1) is 23.8. The van der Waals surface area contributed by atoms with E-state index in [2.05, 4.69) is 125 Å². The van der Waals surface area contributed by atoms with Crippen LogP contribution in [0.25, 0.3) is 33.0 Å². The monoisotopic (exact) mass is 659 g/mol. The van der Waals surface area contributed by atoms with E-state index in [4.69, 9.17) is 21.0 Å². The quantitative estimate of drug-likeness (QED) is 0.134. The Morgan fingerprint density at radius 1 is 0.796 bits per heavy atom. The Hall–Kier alpha value is -5.43. The molecule has 0 fully saturated rings. The SMILES string of the molecule is [C-]#[N+]c1ccc2ncn(-c3ncc4nc(C)n(C5CC[C@H](O[Si](c6ccccc6)(c6ccccc6)C(C)(C)C)c6ccccc65)c4n3)c2c1. The van der Waals surface area contributed by atoms with Crippen LogP contribution in [-0.4, -0.2) is 37.4 Å². The zero-order chi connectivity index (χ0) is 33.8. The summed E-state index contributed by atoms with van der Waals surface area (Å²) in [5.74, 6) is 1.38. The lowest BCUT2D eigenvalue weighted by molar-refractivity contribution is 0.160. The first kappa shape index (κ1) is 30.9. The van der Waals surface area contributed by atoms with Gasteiger partial charge in [0.15, 0.2) is 11.3 Å². The van der Waals surface area contributed by atoms with Gasteiger partial charge < -0.3 is 8.99 Å². The lowest BCUT2D eigenvalue weighted by Gasteiger charge is -2.46. The van der Waals surface area contributed by atoms with Crippen LogP contribution in [0.1, 0.15) is 62.7 Å². The molecular formula is C40H37N7OSi. The maximum Gasteiger partial charge on any atom is 0.261 e. The summed E-state index contributed by atoms with van der Waals surface area (Å²) in [5, 5.41) is 2.44. The van der Waals surface area contributed by atoms with Crippen LogP contribution in [0.3, 0.4) is 0 Å². The van der Waals surface area contributed by atoms with Crippen molar-refractivity contribution in [3.63, 3.8) is 0 Å². The van der Waals surface area contributed by atoms with Crippen molar-refractivity contribution in [1.82, 2.24) is 29.1 Å². The predicted octanol–water partition coefficient (Wildman–Crippen LogP) is 8.03. The number of hydrogen-bond donors (Lipinski definition) is 0. The molecule has 49 heavy (non-hydrogen) atoms. The number of aromatic nitrogens is 6. The van der Waals surface area contributed by atoms with Crippen LogP contribution in [0.5, 0.6) is 0 Å². The highest BCUT2D eigenvalue weighted by atomic mass is 28.4. The van der Waals surface area contributed by atoms with Gasteiger partial charge in [0.2, 0.25) is 5.95 Å². The molecule has 1 aliphatic rings. The second-order valence-electron chi connectivity index (χ2n) is 13.8. The van der Waals surface area contributed by atoms with E-state index in [-0.39, 0.29) is 17.2 Å². The van der Waals surface area contributed by atoms with Crippen molar-refractivity contribution in [1.29, 1.82) is 0 Å². The Morgan fingerprint density at radius 3 is 2.14 bits per heavy atom. The summed E-state index contributed by atoms with van der Waals surface area (Å²) in [6.45, 7) is 16.5. The van der Waals surface area contributed by atoms with E-state index in [9.17, 15) is 0 Å². The van der Waals surface area contributed by atoms with E-state index in [1.54, 1.807) is 18.6 Å². The van der Waals surface area contributed by atoms with Gasteiger partial charge >= 0.3 is 0 Å². The molecule has 1 unspecified atom stereocenters. The first-order valence-corrected chi connectivity index (χ1v) is 18.6. The normalized spacial score (nSPS) is 16.5. The van der Waals surface area contributed by atoms with Crippen LogP contribution >= 0.6 is 0 Å². The third-order valence-electron chi connectivity index (χ3n) is 9.92. The minimum atomic E-state index is -2.78. The van der Waals surface area contributed by atoms with Crippen LogP contribution in [0.15, 0.2) is 116 Å². The van der Waals surface area contributed by atoms with Gasteiger partial charge in [-0.05, 0) is 58.4 Å². The van der Waals surface area contributed by atoms with Gasteiger partial charge in [0.1, 0.15) is 17.7 Å². The standard InChI is InChI=1S/C40H37N7OSi/c1-27-44-34-25-42-39(46-26-43-33-21-20-28(41-5)24-36(33)46)45-38(34)47(27)35-22-23-37(32-19-13-12-18-31(32)35)48-49(40(2,3)4,29-14-8-6-9-15-29)30-16-10-7-11-17-30/h6-21,24-26,35,37H,22-23H2,1-4H3/t35?,37-/m0/s1. The minimum Gasteiger partial charge on any atom is -0.400 e. The fourth-order valence-electron chi connectivity index (χ4n) is 7.73. The minimum absolute atomic E-state index is 0.0243. The Kier molecular flexibility index (Phi) is 7.51. The van der Waals surface area contributed by atoms with E-state index in [1.165, 1.54) is 21.5 Å². The Morgan fingerprint density at radius 2 is 1.47 bits per heavy atom. The van der Waals surface area contributed by atoms with Crippen molar-refractivity contribution < 1.29 is 4.43 Å². The van der Waals surface area contributed by atoms with Crippen molar-refractivity contribution in [2.45, 2.75) is 57.7 Å². The molecule has 0 radical (unpaired) electrons.